The molecule has 0 unspecified atom stereocenters. The third-order valence-corrected chi connectivity index (χ3v) is 3.92. The summed E-state index contributed by atoms with van der Waals surface area (Å²) in [6.45, 7) is 2.47. The van der Waals surface area contributed by atoms with E-state index < -0.39 is 5.97 Å². The molecular formula is C13H15NO4S. The highest BCUT2D eigenvalue weighted by molar-refractivity contribution is 7.18. The minimum absolute atomic E-state index is 0.0315. The van der Waals surface area contributed by atoms with E-state index in [-0.39, 0.29) is 17.6 Å². The zero-order valence-corrected chi connectivity index (χ0v) is 11.6. The van der Waals surface area contributed by atoms with Gasteiger partial charge in [0.15, 0.2) is 0 Å². The first-order chi connectivity index (χ1) is 9.17. The van der Waals surface area contributed by atoms with Gasteiger partial charge in [-0.2, -0.15) is 0 Å². The average Bonchev–Trinajstić information content (AvgIpc) is 2.83. The van der Waals surface area contributed by atoms with Crippen LogP contribution in [0.5, 0.6) is 0 Å². The number of aryl methyl sites for hydroxylation is 1. The van der Waals surface area contributed by atoms with E-state index in [4.69, 9.17) is 9.47 Å². The number of thiophene rings is 1. The fraction of sp³-hybridized carbons (Fsp3) is 0.385. The van der Waals surface area contributed by atoms with E-state index in [1.54, 1.807) is 0 Å². The van der Waals surface area contributed by atoms with Crippen LogP contribution in [0.3, 0.4) is 0 Å². The van der Waals surface area contributed by atoms with Crippen molar-refractivity contribution in [3.63, 3.8) is 0 Å². The predicted octanol–water partition coefficient (Wildman–Crippen LogP) is 1.96. The summed E-state index contributed by atoms with van der Waals surface area (Å²) in [5, 5.41) is 0.544. The van der Waals surface area contributed by atoms with Gasteiger partial charge in [0.1, 0.15) is 17.0 Å². The van der Waals surface area contributed by atoms with Gasteiger partial charge in [0.25, 0.3) is 0 Å². The third-order valence-electron chi connectivity index (χ3n) is 2.71. The van der Waals surface area contributed by atoms with Gasteiger partial charge in [0.2, 0.25) is 5.43 Å². The van der Waals surface area contributed by atoms with Gasteiger partial charge >= 0.3 is 5.97 Å². The Morgan fingerprint density at radius 3 is 2.89 bits per heavy atom. The van der Waals surface area contributed by atoms with E-state index in [0.717, 1.165) is 16.1 Å². The van der Waals surface area contributed by atoms with Crippen molar-refractivity contribution in [2.24, 2.45) is 0 Å². The quantitative estimate of drug-likeness (QED) is 0.672. The molecule has 5 nitrogen and oxygen atoms in total. The molecule has 0 fully saturated rings. The number of rotatable bonds is 5. The largest absolute Gasteiger partial charge is 0.460 e. The second kappa shape index (κ2) is 5.99. The Morgan fingerprint density at radius 2 is 2.21 bits per heavy atom. The number of pyridine rings is 1. The van der Waals surface area contributed by atoms with Crippen LogP contribution in [0.4, 0.5) is 0 Å². The SMILES string of the molecule is CCc1cc2c(=O)c(C(=O)OCCOC)c[nH]c2s1. The van der Waals surface area contributed by atoms with Gasteiger partial charge in [0, 0.05) is 18.2 Å². The lowest BCUT2D eigenvalue weighted by Gasteiger charge is -2.03. The predicted molar refractivity (Wildman–Crippen MR) is 74.0 cm³/mol. The van der Waals surface area contributed by atoms with Crippen LogP contribution in [0, 0.1) is 0 Å². The molecular weight excluding hydrogens is 266 g/mol. The molecule has 1 N–H and O–H groups in total. The first-order valence-electron chi connectivity index (χ1n) is 5.97. The van der Waals surface area contributed by atoms with Gasteiger partial charge < -0.3 is 14.5 Å². The number of aromatic nitrogens is 1. The Kier molecular flexibility index (Phi) is 4.34. The zero-order valence-electron chi connectivity index (χ0n) is 10.8. The number of ether oxygens (including phenoxy) is 2. The number of aromatic amines is 1. The van der Waals surface area contributed by atoms with Crippen LogP contribution >= 0.6 is 11.3 Å². The summed E-state index contributed by atoms with van der Waals surface area (Å²) in [6.07, 6.45) is 2.27. The smallest absolute Gasteiger partial charge is 0.343 e. The molecule has 0 radical (unpaired) electrons. The summed E-state index contributed by atoms with van der Waals surface area (Å²) in [5.41, 5.74) is -0.254. The van der Waals surface area contributed by atoms with Crippen LogP contribution in [0.25, 0.3) is 10.2 Å². The highest BCUT2D eigenvalue weighted by Gasteiger charge is 2.15. The number of carbonyl (C=O) groups is 1. The topological polar surface area (TPSA) is 68.4 Å². The van der Waals surface area contributed by atoms with Gasteiger partial charge in [-0.15, -0.1) is 11.3 Å². The molecule has 6 heteroatoms. The zero-order chi connectivity index (χ0) is 13.8. The molecule has 2 aromatic heterocycles. The van der Waals surface area contributed by atoms with E-state index in [1.807, 2.05) is 13.0 Å². The van der Waals surface area contributed by atoms with Crippen molar-refractivity contribution in [3.05, 3.63) is 32.9 Å². The highest BCUT2D eigenvalue weighted by atomic mass is 32.1. The molecule has 0 saturated carbocycles. The van der Waals surface area contributed by atoms with E-state index in [1.165, 1.54) is 24.6 Å². The van der Waals surface area contributed by atoms with Crippen LogP contribution in [-0.4, -0.2) is 31.3 Å². The molecule has 2 aromatic rings. The minimum Gasteiger partial charge on any atom is -0.460 e. The molecule has 0 aliphatic heterocycles. The lowest BCUT2D eigenvalue weighted by atomic mass is 10.2. The lowest BCUT2D eigenvalue weighted by molar-refractivity contribution is 0.0386. The first-order valence-corrected chi connectivity index (χ1v) is 6.79. The highest BCUT2D eigenvalue weighted by Crippen LogP contribution is 2.21. The molecule has 19 heavy (non-hydrogen) atoms. The average molecular weight is 281 g/mol. The second-order valence-corrected chi connectivity index (χ2v) is 5.11. The monoisotopic (exact) mass is 281 g/mol. The van der Waals surface area contributed by atoms with Crippen LogP contribution < -0.4 is 5.43 Å². The van der Waals surface area contributed by atoms with Crippen molar-refractivity contribution >= 4 is 27.5 Å². The van der Waals surface area contributed by atoms with E-state index in [2.05, 4.69) is 4.98 Å². The van der Waals surface area contributed by atoms with Crippen LogP contribution in [-0.2, 0) is 15.9 Å². The second-order valence-electron chi connectivity index (χ2n) is 3.97. The summed E-state index contributed by atoms with van der Waals surface area (Å²) < 4.78 is 9.74. The molecule has 2 rings (SSSR count). The van der Waals surface area contributed by atoms with Crippen LogP contribution in [0.1, 0.15) is 22.2 Å². The Balaban J connectivity index is 2.31. The summed E-state index contributed by atoms with van der Waals surface area (Å²) in [7, 11) is 1.52. The van der Waals surface area contributed by atoms with Gasteiger partial charge in [-0.25, -0.2) is 4.79 Å². The Morgan fingerprint density at radius 1 is 1.42 bits per heavy atom. The Hall–Kier alpha value is -1.66. The summed E-state index contributed by atoms with van der Waals surface area (Å²) >= 11 is 1.53. The van der Waals surface area contributed by atoms with Crippen LogP contribution in [0.15, 0.2) is 17.1 Å². The van der Waals surface area contributed by atoms with Crippen molar-refractivity contribution in [2.45, 2.75) is 13.3 Å². The third kappa shape index (κ3) is 2.85. The fourth-order valence-corrected chi connectivity index (χ4v) is 2.65. The number of hydrogen-bond donors (Lipinski definition) is 1. The van der Waals surface area contributed by atoms with Crippen molar-refractivity contribution in [2.75, 3.05) is 20.3 Å². The molecule has 0 bridgehead atoms. The minimum atomic E-state index is -0.621. The number of hydrogen-bond acceptors (Lipinski definition) is 5. The summed E-state index contributed by atoms with van der Waals surface area (Å²) in [4.78, 5) is 28.8. The normalized spacial score (nSPS) is 10.8. The number of carbonyl (C=O) groups excluding carboxylic acids is 1. The fourth-order valence-electron chi connectivity index (χ4n) is 1.69. The van der Waals surface area contributed by atoms with Gasteiger partial charge in [-0.1, -0.05) is 6.92 Å². The lowest BCUT2D eigenvalue weighted by Crippen LogP contribution is -2.19. The molecule has 0 spiro atoms. The van der Waals surface area contributed by atoms with Crippen molar-refractivity contribution < 1.29 is 14.3 Å². The molecule has 0 amide bonds. The van der Waals surface area contributed by atoms with Crippen molar-refractivity contribution in [1.82, 2.24) is 4.98 Å². The molecule has 0 aliphatic carbocycles. The molecule has 0 aromatic carbocycles. The van der Waals surface area contributed by atoms with Crippen molar-refractivity contribution in [1.29, 1.82) is 0 Å². The van der Waals surface area contributed by atoms with Gasteiger partial charge in [-0.3, -0.25) is 4.79 Å². The maximum atomic E-state index is 12.2. The molecule has 0 saturated heterocycles. The van der Waals surface area contributed by atoms with Gasteiger partial charge in [-0.05, 0) is 12.5 Å². The van der Waals surface area contributed by atoms with E-state index in [9.17, 15) is 9.59 Å². The number of methoxy groups -OCH3 is 1. The summed E-state index contributed by atoms with van der Waals surface area (Å²) in [6, 6.07) is 1.82. The Bertz CT molecular complexity index is 644. The van der Waals surface area contributed by atoms with Gasteiger partial charge in [0.05, 0.1) is 12.0 Å². The number of esters is 1. The number of fused-ring (bicyclic) bond motifs is 1. The van der Waals surface area contributed by atoms with E-state index >= 15 is 0 Å². The number of nitrogens with one attached hydrogen (secondary N) is 1. The molecule has 102 valence electrons. The van der Waals surface area contributed by atoms with Crippen LogP contribution in [0.2, 0.25) is 0 Å². The molecule has 0 aliphatic rings. The molecule has 2 heterocycles. The summed E-state index contributed by atoms with van der Waals surface area (Å²) in [5.74, 6) is -0.621. The maximum Gasteiger partial charge on any atom is 0.343 e. The van der Waals surface area contributed by atoms with Crippen molar-refractivity contribution in [3.8, 4) is 0 Å². The number of H-pyrrole nitrogens is 1. The maximum absolute atomic E-state index is 12.2. The van der Waals surface area contributed by atoms with E-state index in [0.29, 0.717) is 12.0 Å². The molecule has 0 atom stereocenters. The Labute approximate surface area is 114 Å². The standard InChI is InChI=1S/C13H15NO4S/c1-3-8-6-9-11(15)10(7-14-12(9)19-8)13(16)18-5-4-17-2/h6-7H,3-5H2,1-2H3,(H,14,15). The first kappa shape index (κ1) is 13.8.